The predicted molar refractivity (Wildman–Crippen MR) is 117 cm³/mol. The van der Waals surface area contributed by atoms with Gasteiger partial charge in [-0.15, -0.1) is 11.6 Å². The minimum absolute atomic E-state index is 0.395. The van der Waals surface area contributed by atoms with E-state index in [1.165, 1.54) is 0 Å². The van der Waals surface area contributed by atoms with Gasteiger partial charge in [0.1, 0.15) is 5.60 Å². The summed E-state index contributed by atoms with van der Waals surface area (Å²) >= 11 is 13.9. The standard InChI is InChI=1S/C23H28Cl2N2O/c1-20(2)18(24)17(19(25)21(3,4)23(20,26)27)22(28,15-11-7-5-8-12-15)16-13-9-6-10-14-16/h5-14,18,28H,26-27H2,1-4H3. The van der Waals surface area contributed by atoms with Gasteiger partial charge in [0.05, 0.1) is 11.0 Å². The molecule has 0 bridgehead atoms. The van der Waals surface area contributed by atoms with Crippen molar-refractivity contribution < 1.29 is 5.11 Å². The predicted octanol–water partition coefficient (Wildman–Crippen LogP) is 4.70. The molecule has 5 N–H and O–H groups in total. The van der Waals surface area contributed by atoms with Gasteiger partial charge in [0.2, 0.25) is 0 Å². The maximum absolute atomic E-state index is 12.2. The maximum atomic E-state index is 12.2. The number of benzene rings is 2. The SMILES string of the molecule is CC1(C)C(Cl)=C(C(O)(c2ccccc2)c2ccccc2)C(Cl)C(C)(C)C1(N)N. The molecule has 0 spiro atoms. The van der Waals surface area contributed by atoms with Gasteiger partial charge in [0, 0.05) is 21.4 Å². The Morgan fingerprint density at radius 1 is 0.857 bits per heavy atom. The van der Waals surface area contributed by atoms with Gasteiger partial charge >= 0.3 is 0 Å². The molecule has 3 rings (SSSR count). The molecule has 2 aromatic carbocycles. The monoisotopic (exact) mass is 418 g/mol. The zero-order chi connectivity index (χ0) is 21.0. The maximum Gasteiger partial charge on any atom is 0.139 e. The molecule has 3 nitrogen and oxygen atoms in total. The Bertz CT molecular complexity index is 850. The summed E-state index contributed by atoms with van der Waals surface area (Å²) in [5.41, 5.74) is 10.8. The lowest BCUT2D eigenvalue weighted by Crippen LogP contribution is -2.74. The van der Waals surface area contributed by atoms with E-state index in [1.807, 2.05) is 88.4 Å². The molecule has 0 amide bonds. The average Bonchev–Trinajstić information content (AvgIpc) is 2.67. The van der Waals surface area contributed by atoms with Gasteiger partial charge in [-0.25, -0.2) is 0 Å². The van der Waals surface area contributed by atoms with Crippen molar-refractivity contribution >= 4 is 23.2 Å². The Hall–Kier alpha value is -1.36. The topological polar surface area (TPSA) is 72.3 Å². The van der Waals surface area contributed by atoms with Crippen molar-refractivity contribution in [1.29, 1.82) is 0 Å². The molecule has 0 heterocycles. The fraction of sp³-hybridized carbons (Fsp3) is 0.391. The lowest BCUT2D eigenvalue weighted by Gasteiger charge is -2.59. The molecule has 0 radical (unpaired) electrons. The van der Waals surface area contributed by atoms with E-state index in [4.69, 9.17) is 34.7 Å². The number of halogens is 2. The molecule has 1 aliphatic carbocycles. The van der Waals surface area contributed by atoms with Gasteiger partial charge in [0.15, 0.2) is 0 Å². The van der Waals surface area contributed by atoms with E-state index in [9.17, 15) is 5.11 Å². The van der Waals surface area contributed by atoms with Gasteiger partial charge in [-0.3, -0.25) is 0 Å². The molecular weight excluding hydrogens is 391 g/mol. The highest BCUT2D eigenvalue weighted by Crippen LogP contribution is 2.59. The van der Waals surface area contributed by atoms with Crippen molar-refractivity contribution in [2.24, 2.45) is 22.3 Å². The summed E-state index contributed by atoms with van der Waals surface area (Å²) in [5, 5.41) is 12.0. The zero-order valence-electron chi connectivity index (χ0n) is 16.7. The Morgan fingerprint density at radius 3 is 1.64 bits per heavy atom. The molecular formula is C23H28Cl2N2O. The lowest BCUT2D eigenvalue weighted by molar-refractivity contribution is 0.0296. The second-order valence-electron chi connectivity index (χ2n) is 8.75. The first-order chi connectivity index (χ1) is 12.9. The van der Waals surface area contributed by atoms with Crippen molar-refractivity contribution in [1.82, 2.24) is 0 Å². The van der Waals surface area contributed by atoms with E-state index >= 15 is 0 Å². The average molecular weight is 419 g/mol. The molecule has 0 aliphatic heterocycles. The van der Waals surface area contributed by atoms with Gasteiger partial charge in [-0.05, 0) is 11.1 Å². The summed E-state index contributed by atoms with van der Waals surface area (Å²) in [6.45, 7) is 7.64. The normalized spacial score (nSPS) is 23.5. The number of hydrogen-bond acceptors (Lipinski definition) is 3. The molecule has 0 fully saturated rings. The molecule has 150 valence electrons. The summed E-state index contributed by atoms with van der Waals surface area (Å²) in [6, 6.07) is 18.9. The number of nitrogens with two attached hydrogens (primary N) is 2. The highest BCUT2D eigenvalue weighted by Gasteiger charge is 2.62. The van der Waals surface area contributed by atoms with Crippen LogP contribution in [0, 0.1) is 10.8 Å². The van der Waals surface area contributed by atoms with Crippen LogP contribution in [0.1, 0.15) is 38.8 Å². The molecule has 0 saturated heterocycles. The molecule has 1 unspecified atom stereocenters. The summed E-state index contributed by atoms with van der Waals surface area (Å²) in [4.78, 5) is 0. The van der Waals surface area contributed by atoms with Crippen LogP contribution < -0.4 is 11.5 Å². The van der Waals surface area contributed by atoms with Crippen LogP contribution >= 0.6 is 23.2 Å². The largest absolute Gasteiger partial charge is 0.376 e. The molecule has 0 saturated carbocycles. The van der Waals surface area contributed by atoms with Crippen LogP contribution in [-0.4, -0.2) is 16.1 Å². The van der Waals surface area contributed by atoms with E-state index in [2.05, 4.69) is 0 Å². The van der Waals surface area contributed by atoms with E-state index < -0.39 is 27.5 Å². The Kier molecular flexibility index (Phi) is 5.23. The third-order valence-corrected chi connectivity index (χ3v) is 7.99. The van der Waals surface area contributed by atoms with Crippen molar-refractivity contribution in [2.75, 3.05) is 0 Å². The number of rotatable bonds is 3. The summed E-state index contributed by atoms with van der Waals surface area (Å²) in [5.74, 6) is 0. The molecule has 1 atom stereocenters. The highest BCUT2D eigenvalue weighted by atomic mass is 35.5. The minimum atomic E-state index is -1.52. The molecule has 2 aromatic rings. The quantitative estimate of drug-likeness (QED) is 0.499. The Labute approximate surface area is 177 Å². The van der Waals surface area contributed by atoms with E-state index in [0.717, 1.165) is 0 Å². The molecule has 1 aliphatic rings. The Morgan fingerprint density at radius 2 is 1.25 bits per heavy atom. The molecule has 5 heteroatoms. The Balaban J connectivity index is 2.41. The van der Waals surface area contributed by atoms with Crippen LogP contribution in [-0.2, 0) is 5.60 Å². The third kappa shape index (κ3) is 2.76. The summed E-state index contributed by atoms with van der Waals surface area (Å²) < 4.78 is 0. The van der Waals surface area contributed by atoms with Crippen LogP contribution in [0.3, 0.4) is 0 Å². The second-order valence-corrected chi connectivity index (χ2v) is 9.56. The fourth-order valence-electron chi connectivity index (χ4n) is 4.18. The summed E-state index contributed by atoms with van der Waals surface area (Å²) in [7, 11) is 0. The van der Waals surface area contributed by atoms with E-state index in [1.54, 1.807) is 0 Å². The van der Waals surface area contributed by atoms with Crippen molar-refractivity contribution in [3.05, 3.63) is 82.4 Å². The zero-order valence-corrected chi connectivity index (χ0v) is 18.2. The van der Waals surface area contributed by atoms with Crippen LogP contribution in [0.2, 0.25) is 0 Å². The smallest absolute Gasteiger partial charge is 0.139 e. The van der Waals surface area contributed by atoms with Crippen LogP contribution in [0.15, 0.2) is 71.3 Å². The number of alkyl halides is 1. The van der Waals surface area contributed by atoms with Crippen molar-refractivity contribution in [3.8, 4) is 0 Å². The van der Waals surface area contributed by atoms with Crippen molar-refractivity contribution in [3.63, 3.8) is 0 Å². The van der Waals surface area contributed by atoms with E-state index in [0.29, 0.717) is 21.7 Å². The minimum Gasteiger partial charge on any atom is -0.376 e. The fourth-order valence-corrected chi connectivity index (χ4v) is 5.09. The first-order valence-electron chi connectivity index (χ1n) is 9.36. The van der Waals surface area contributed by atoms with Gasteiger partial charge in [0.25, 0.3) is 0 Å². The van der Waals surface area contributed by atoms with E-state index in [-0.39, 0.29) is 0 Å². The lowest BCUT2D eigenvalue weighted by atomic mass is 9.55. The van der Waals surface area contributed by atoms with Gasteiger partial charge < -0.3 is 16.6 Å². The molecule has 0 aromatic heterocycles. The third-order valence-electron chi connectivity index (χ3n) is 6.55. The van der Waals surface area contributed by atoms with Gasteiger partial charge in [-0.2, -0.15) is 0 Å². The van der Waals surface area contributed by atoms with Crippen LogP contribution in [0.4, 0.5) is 0 Å². The molecule has 28 heavy (non-hydrogen) atoms. The second kappa shape index (κ2) is 6.86. The number of hydrogen-bond donors (Lipinski definition) is 3. The highest BCUT2D eigenvalue weighted by molar-refractivity contribution is 6.33. The number of aliphatic hydroxyl groups is 1. The first-order valence-corrected chi connectivity index (χ1v) is 10.2. The first kappa shape index (κ1) is 21.4. The van der Waals surface area contributed by atoms with Crippen LogP contribution in [0.25, 0.3) is 0 Å². The van der Waals surface area contributed by atoms with Crippen LogP contribution in [0.5, 0.6) is 0 Å². The van der Waals surface area contributed by atoms with Crippen molar-refractivity contribution in [2.45, 2.75) is 44.3 Å². The van der Waals surface area contributed by atoms with Gasteiger partial charge in [-0.1, -0.05) is 100.0 Å². The summed E-state index contributed by atoms with van der Waals surface area (Å²) in [6.07, 6.45) is 0.